The highest BCUT2D eigenvalue weighted by atomic mass is 16.5. The van der Waals surface area contributed by atoms with Crippen LogP contribution < -0.4 is 21.3 Å². The summed E-state index contributed by atoms with van der Waals surface area (Å²) in [7, 11) is 1.52. The van der Waals surface area contributed by atoms with Gasteiger partial charge in [-0.1, -0.05) is 6.07 Å². The lowest BCUT2D eigenvalue weighted by Crippen LogP contribution is -2.42. The average molecular weight is 360 g/mol. The Bertz CT molecular complexity index is 883. The molecule has 0 aliphatic heterocycles. The van der Waals surface area contributed by atoms with E-state index in [-0.39, 0.29) is 36.0 Å². The van der Waals surface area contributed by atoms with Crippen LogP contribution in [0.15, 0.2) is 34.1 Å². The van der Waals surface area contributed by atoms with Crippen molar-refractivity contribution in [3.63, 3.8) is 0 Å². The van der Waals surface area contributed by atoms with E-state index >= 15 is 0 Å². The number of hydrogen-bond acceptors (Lipinski definition) is 6. The highest BCUT2D eigenvalue weighted by molar-refractivity contribution is 5.78. The first-order valence-electron chi connectivity index (χ1n) is 8.24. The topological polar surface area (TPSA) is 137 Å². The minimum absolute atomic E-state index is 0.0815. The predicted octanol–water partition coefficient (Wildman–Crippen LogP) is -0.362. The highest BCUT2D eigenvalue weighted by Crippen LogP contribution is 2.38. The van der Waals surface area contributed by atoms with Crippen molar-refractivity contribution in [2.75, 3.05) is 7.11 Å². The lowest BCUT2D eigenvalue weighted by atomic mass is 9.75. The van der Waals surface area contributed by atoms with Crippen LogP contribution in [0.1, 0.15) is 30.0 Å². The summed E-state index contributed by atoms with van der Waals surface area (Å²) in [5.41, 5.74) is -0.246. The molecule has 26 heavy (non-hydrogen) atoms. The van der Waals surface area contributed by atoms with Crippen molar-refractivity contribution in [2.45, 2.75) is 31.4 Å². The van der Waals surface area contributed by atoms with Gasteiger partial charge in [-0.3, -0.25) is 14.6 Å². The zero-order valence-corrected chi connectivity index (χ0v) is 14.2. The molecule has 2 aromatic heterocycles. The lowest BCUT2D eigenvalue weighted by Gasteiger charge is -2.38. The molecule has 1 saturated carbocycles. The summed E-state index contributed by atoms with van der Waals surface area (Å²) in [6.45, 7) is 0. The van der Waals surface area contributed by atoms with Gasteiger partial charge in [-0.2, -0.15) is 0 Å². The van der Waals surface area contributed by atoms with E-state index in [1.165, 1.54) is 13.3 Å². The number of carbonyl (C=O) groups excluding carboxylic acids is 1. The number of nitrogens with zero attached hydrogens (tertiary/aromatic N) is 1. The number of nitrogens with one attached hydrogen (secondary N) is 3. The van der Waals surface area contributed by atoms with Crippen LogP contribution in [0, 0.1) is 5.92 Å². The van der Waals surface area contributed by atoms with Gasteiger partial charge in [0.15, 0.2) is 0 Å². The van der Waals surface area contributed by atoms with E-state index < -0.39 is 11.2 Å². The van der Waals surface area contributed by atoms with Gasteiger partial charge in [-0.15, -0.1) is 0 Å². The molecular formula is C17H20N4O5. The number of carbonyl (C=O) groups is 1. The van der Waals surface area contributed by atoms with Gasteiger partial charge in [0.05, 0.1) is 25.7 Å². The molecule has 9 heteroatoms. The molecule has 4 N–H and O–H groups in total. The Labute approximate surface area is 148 Å². The number of ether oxygens (including phenoxy) is 1. The Morgan fingerprint density at radius 1 is 1.42 bits per heavy atom. The quantitative estimate of drug-likeness (QED) is 0.555. The molecule has 0 spiro atoms. The number of aromatic nitrogens is 3. The summed E-state index contributed by atoms with van der Waals surface area (Å²) >= 11 is 0. The second-order valence-electron chi connectivity index (χ2n) is 6.34. The molecule has 0 radical (unpaired) electrons. The van der Waals surface area contributed by atoms with Crippen LogP contribution in [0.2, 0.25) is 0 Å². The van der Waals surface area contributed by atoms with E-state index in [2.05, 4.69) is 20.3 Å². The SMILES string of the molecule is COc1ccc([C@H](NC(=O)Cc2c[nH]c(=O)[nH]c2=O)C2CC(O)C2)cn1. The second kappa shape index (κ2) is 7.52. The average Bonchev–Trinajstić information content (AvgIpc) is 2.60. The Balaban J connectivity index is 1.75. The Hall–Kier alpha value is -2.94. The van der Waals surface area contributed by atoms with Crippen LogP contribution in [-0.4, -0.2) is 39.2 Å². The fourth-order valence-electron chi connectivity index (χ4n) is 3.04. The Morgan fingerprint density at radius 2 is 2.19 bits per heavy atom. The van der Waals surface area contributed by atoms with Gasteiger partial charge in [0, 0.05) is 24.0 Å². The van der Waals surface area contributed by atoms with E-state index in [0.717, 1.165) is 5.56 Å². The van der Waals surface area contributed by atoms with Gasteiger partial charge in [-0.25, -0.2) is 9.78 Å². The maximum Gasteiger partial charge on any atom is 0.325 e. The van der Waals surface area contributed by atoms with Crippen LogP contribution in [0.3, 0.4) is 0 Å². The maximum atomic E-state index is 12.4. The first-order valence-corrected chi connectivity index (χ1v) is 8.24. The first-order chi connectivity index (χ1) is 12.5. The molecule has 138 valence electrons. The lowest BCUT2D eigenvalue weighted by molar-refractivity contribution is -0.122. The molecule has 1 aliphatic carbocycles. The van der Waals surface area contributed by atoms with Gasteiger partial charge in [-0.05, 0) is 24.3 Å². The normalized spacial score (nSPS) is 20.1. The van der Waals surface area contributed by atoms with Crippen molar-refractivity contribution >= 4 is 5.91 Å². The maximum absolute atomic E-state index is 12.4. The number of aromatic amines is 2. The van der Waals surface area contributed by atoms with Gasteiger partial charge < -0.3 is 20.1 Å². The zero-order chi connectivity index (χ0) is 18.7. The number of aliphatic hydroxyl groups excluding tert-OH is 1. The van der Waals surface area contributed by atoms with Crippen molar-refractivity contribution in [3.8, 4) is 5.88 Å². The van der Waals surface area contributed by atoms with Crippen molar-refractivity contribution in [1.82, 2.24) is 20.3 Å². The van der Waals surface area contributed by atoms with E-state index in [1.807, 2.05) is 6.07 Å². The molecule has 1 aliphatic rings. The van der Waals surface area contributed by atoms with Crippen LogP contribution in [0.4, 0.5) is 0 Å². The van der Waals surface area contributed by atoms with Gasteiger partial charge in [0.25, 0.3) is 5.56 Å². The Morgan fingerprint density at radius 3 is 2.77 bits per heavy atom. The second-order valence-corrected chi connectivity index (χ2v) is 6.34. The molecule has 3 rings (SSSR count). The summed E-state index contributed by atoms with van der Waals surface area (Å²) in [5.74, 6) is 0.190. The van der Waals surface area contributed by atoms with Crippen molar-refractivity contribution in [2.24, 2.45) is 5.92 Å². The number of hydrogen-bond donors (Lipinski definition) is 4. The fraction of sp³-hybridized carbons (Fsp3) is 0.412. The molecule has 1 fully saturated rings. The third-order valence-electron chi connectivity index (χ3n) is 4.51. The van der Waals surface area contributed by atoms with Crippen molar-refractivity contribution in [1.29, 1.82) is 0 Å². The largest absolute Gasteiger partial charge is 0.481 e. The molecule has 0 unspecified atom stereocenters. The molecule has 0 saturated heterocycles. The summed E-state index contributed by atoms with van der Waals surface area (Å²) < 4.78 is 5.04. The number of pyridine rings is 1. The fourth-order valence-corrected chi connectivity index (χ4v) is 3.04. The first kappa shape index (κ1) is 17.9. The summed E-state index contributed by atoms with van der Waals surface area (Å²) in [6.07, 6.45) is 3.49. The van der Waals surface area contributed by atoms with Crippen molar-refractivity contribution in [3.05, 3.63) is 56.5 Å². The molecular weight excluding hydrogens is 340 g/mol. The molecule has 2 heterocycles. The summed E-state index contributed by atoms with van der Waals surface area (Å²) in [6, 6.07) is 3.19. The van der Waals surface area contributed by atoms with Crippen LogP contribution >= 0.6 is 0 Å². The van der Waals surface area contributed by atoms with E-state index in [1.54, 1.807) is 12.3 Å². The minimum Gasteiger partial charge on any atom is -0.481 e. The molecule has 2 aromatic rings. The molecule has 0 bridgehead atoms. The molecule has 0 aromatic carbocycles. The van der Waals surface area contributed by atoms with Gasteiger partial charge in [0.2, 0.25) is 11.8 Å². The standard InChI is InChI=1S/C17H20N4O5/c1-26-14-3-2-9(7-18-14)15(10-4-12(22)5-10)20-13(23)6-11-8-19-17(25)21-16(11)24/h2-3,7-8,10,12,15,22H,4-6H2,1H3,(H,20,23)(H2,19,21,24,25)/t10?,12?,15-/m0/s1. The van der Waals surface area contributed by atoms with Crippen LogP contribution in [0.25, 0.3) is 0 Å². The smallest absolute Gasteiger partial charge is 0.325 e. The monoisotopic (exact) mass is 360 g/mol. The van der Waals surface area contributed by atoms with Crippen molar-refractivity contribution < 1.29 is 14.6 Å². The van der Waals surface area contributed by atoms with E-state index in [4.69, 9.17) is 4.74 Å². The van der Waals surface area contributed by atoms with Gasteiger partial charge >= 0.3 is 5.69 Å². The molecule has 1 amide bonds. The van der Waals surface area contributed by atoms with Crippen LogP contribution in [0.5, 0.6) is 5.88 Å². The number of rotatable bonds is 6. The number of amides is 1. The summed E-state index contributed by atoms with van der Waals surface area (Å²) in [4.78, 5) is 43.8. The van der Waals surface area contributed by atoms with Crippen LogP contribution in [-0.2, 0) is 11.2 Å². The third-order valence-corrected chi connectivity index (χ3v) is 4.51. The molecule has 9 nitrogen and oxygen atoms in total. The summed E-state index contributed by atoms with van der Waals surface area (Å²) in [5, 5.41) is 12.5. The highest BCUT2D eigenvalue weighted by Gasteiger charge is 2.35. The number of H-pyrrole nitrogens is 2. The third kappa shape index (κ3) is 3.99. The number of aliphatic hydroxyl groups is 1. The van der Waals surface area contributed by atoms with Gasteiger partial charge in [0.1, 0.15) is 0 Å². The molecule has 1 atom stereocenters. The number of methoxy groups -OCH3 is 1. The predicted molar refractivity (Wildman–Crippen MR) is 91.8 cm³/mol. The van der Waals surface area contributed by atoms with E-state index in [0.29, 0.717) is 18.7 Å². The minimum atomic E-state index is -0.621. The van der Waals surface area contributed by atoms with E-state index in [9.17, 15) is 19.5 Å². The Kier molecular flexibility index (Phi) is 5.17. The zero-order valence-electron chi connectivity index (χ0n) is 14.2.